The third-order valence-electron chi connectivity index (χ3n) is 2.93. The SMILES string of the molecule is Cc1noc(C)c1CC(=O)OCCOc1ccc(Br)cc1. The smallest absolute Gasteiger partial charge is 0.310 e. The van der Waals surface area contributed by atoms with Crippen molar-refractivity contribution in [1.29, 1.82) is 0 Å². The molecule has 6 heteroatoms. The van der Waals surface area contributed by atoms with Crippen molar-refractivity contribution in [3.8, 4) is 5.75 Å². The van der Waals surface area contributed by atoms with E-state index in [-0.39, 0.29) is 19.0 Å². The quantitative estimate of drug-likeness (QED) is 0.589. The molecular formula is C15H16BrNO4. The fourth-order valence-electron chi connectivity index (χ4n) is 1.80. The largest absolute Gasteiger partial charge is 0.490 e. The van der Waals surface area contributed by atoms with Crippen LogP contribution in [0.25, 0.3) is 0 Å². The van der Waals surface area contributed by atoms with Gasteiger partial charge in [0.25, 0.3) is 0 Å². The Balaban J connectivity index is 1.71. The summed E-state index contributed by atoms with van der Waals surface area (Å²) in [4.78, 5) is 11.7. The highest BCUT2D eigenvalue weighted by molar-refractivity contribution is 9.10. The van der Waals surface area contributed by atoms with Crippen molar-refractivity contribution in [2.24, 2.45) is 0 Å². The molecule has 0 aliphatic heterocycles. The zero-order valence-corrected chi connectivity index (χ0v) is 13.5. The number of hydrogen-bond donors (Lipinski definition) is 0. The Bertz CT molecular complexity index is 587. The number of aryl methyl sites for hydroxylation is 2. The molecule has 2 rings (SSSR count). The number of esters is 1. The van der Waals surface area contributed by atoms with Crippen molar-refractivity contribution in [3.05, 3.63) is 45.8 Å². The zero-order chi connectivity index (χ0) is 15.2. The molecule has 0 atom stereocenters. The van der Waals surface area contributed by atoms with Crippen molar-refractivity contribution >= 4 is 21.9 Å². The van der Waals surface area contributed by atoms with Crippen LogP contribution in [0.1, 0.15) is 17.0 Å². The van der Waals surface area contributed by atoms with E-state index in [2.05, 4.69) is 21.1 Å². The Morgan fingerprint density at radius 3 is 2.57 bits per heavy atom. The first kappa shape index (κ1) is 15.6. The Morgan fingerprint density at radius 2 is 1.95 bits per heavy atom. The van der Waals surface area contributed by atoms with Gasteiger partial charge in [-0.1, -0.05) is 21.1 Å². The molecule has 0 unspecified atom stereocenters. The van der Waals surface area contributed by atoms with E-state index in [1.54, 1.807) is 13.8 Å². The van der Waals surface area contributed by atoms with Crippen LogP contribution in [0.3, 0.4) is 0 Å². The van der Waals surface area contributed by atoms with E-state index >= 15 is 0 Å². The molecule has 0 bridgehead atoms. The molecule has 1 aromatic carbocycles. The van der Waals surface area contributed by atoms with Crippen molar-refractivity contribution in [2.75, 3.05) is 13.2 Å². The van der Waals surface area contributed by atoms with Crippen LogP contribution in [0, 0.1) is 13.8 Å². The van der Waals surface area contributed by atoms with E-state index in [0.29, 0.717) is 12.4 Å². The number of rotatable bonds is 6. The molecule has 2 aromatic rings. The average Bonchev–Trinajstić information content (AvgIpc) is 2.77. The first-order valence-corrected chi connectivity index (χ1v) is 7.31. The molecule has 1 heterocycles. The molecule has 1 aromatic heterocycles. The van der Waals surface area contributed by atoms with Gasteiger partial charge in [-0.15, -0.1) is 0 Å². The highest BCUT2D eigenvalue weighted by Gasteiger charge is 2.14. The van der Waals surface area contributed by atoms with E-state index in [4.69, 9.17) is 14.0 Å². The van der Waals surface area contributed by atoms with E-state index in [9.17, 15) is 4.79 Å². The van der Waals surface area contributed by atoms with Crippen LogP contribution in [0.4, 0.5) is 0 Å². The fraction of sp³-hybridized carbons (Fsp3) is 0.333. The van der Waals surface area contributed by atoms with Gasteiger partial charge < -0.3 is 14.0 Å². The number of carbonyl (C=O) groups excluding carboxylic acids is 1. The summed E-state index contributed by atoms with van der Waals surface area (Å²) in [5.74, 6) is 1.07. The maximum atomic E-state index is 11.7. The highest BCUT2D eigenvalue weighted by atomic mass is 79.9. The number of hydrogen-bond acceptors (Lipinski definition) is 5. The van der Waals surface area contributed by atoms with Gasteiger partial charge >= 0.3 is 5.97 Å². The molecule has 0 aliphatic carbocycles. The summed E-state index contributed by atoms with van der Waals surface area (Å²) >= 11 is 3.35. The van der Waals surface area contributed by atoms with Gasteiger partial charge in [0, 0.05) is 10.0 Å². The van der Waals surface area contributed by atoms with Crippen LogP contribution in [0.5, 0.6) is 5.75 Å². The molecule has 112 valence electrons. The normalized spacial score (nSPS) is 10.4. The topological polar surface area (TPSA) is 61.6 Å². The van der Waals surface area contributed by atoms with Gasteiger partial charge in [0.05, 0.1) is 12.1 Å². The Labute approximate surface area is 131 Å². The molecule has 0 spiro atoms. The van der Waals surface area contributed by atoms with E-state index < -0.39 is 0 Å². The van der Waals surface area contributed by atoms with E-state index in [1.807, 2.05) is 24.3 Å². The molecular weight excluding hydrogens is 338 g/mol. The monoisotopic (exact) mass is 353 g/mol. The lowest BCUT2D eigenvalue weighted by Gasteiger charge is -2.07. The highest BCUT2D eigenvalue weighted by Crippen LogP contribution is 2.16. The van der Waals surface area contributed by atoms with Crippen molar-refractivity contribution < 1.29 is 18.8 Å². The molecule has 0 radical (unpaired) electrons. The minimum Gasteiger partial charge on any atom is -0.490 e. The molecule has 21 heavy (non-hydrogen) atoms. The van der Waals surface area contributed by atoms with Crippen LogP contribution in [-0.2, 0) is 16.0 Å². The zero-order valence-electron chi connectivity index (χ0n) is 11.9. The first-order chi connectivity index (χ1) is 10.1. The van der Waals surface area contributed by atoms with Crippen molar-refractivity contribution in [3.63, 3.8) is 0 Å². The number of aromatic nitrogens is 1. The van der Waals surface area contributed by atoms with Crippen LogP contribution in [0.15, 0.2) is 33.3 Å². The predicted molar refractivity (Wildman–Crippen MR) is 80.3 cm³/mol. The van der Waals surface area contributed by atoms with Gasteiger partial charge in [-0.05, 0) is 38.1 Å². The van der Waals surface area contributed by atoms with Crippen molar-refractivity contribution in [1.82, 2.24) is 5.16 Å². The second-order valence-electron chi connectivity index (χ2n) is 4.50. The Morgan fingerprint density at radius 1 is 1.24 bits per heavy atom. The second kappa shape index (κ2) is 7.26. The first-order valence-electron chi connectivity index (χ1n) is 6.52. The maximum Gasteiger partial charge on any atom is 0.310 e. The lowest BCUT2D eigenvalue weighted by Crippen LogP contribution is -2.14. The summed E-state index contributed by atoms with van der Waals surface area (Å²) in [6.07, 6.45) is 0.166. The van der Waals surface area contributed by atoms with Gasteiger partial charge in [0.1, 0.15) is 24.7 Å². The summed E-state index contributed by atoms with van der Waals surface area (Å²) in [6.45, 7) is 4.10. The third-order valence-corrected chi connectivity index (χ3v) is 3.46. The second-order valence-corrected chi connectivity index (χ2v) is 5.42. The number of halogens is 1. The molecule has 0 fully saturated rings. The van der Waals surface area contributed by atoms with Crippen molar-refractivity contribution in [2.45, 2.75) is 20.3 Å². The number of benzene rings is 1. The summed E-state index contributed by atoms with van der Waals surface area (Å²) in [5.41, 5.74) is 1.50. The number of ether oxygens (including phenoxy) is 2. The van der Waals surface area contributed by atoms with E-state index in [1.165, 1.54) is 0 Å². The molecule has 0 aliphatic rings. The standard InChI is InChI=1S/C15H16BrNO4/c1-10-14(11(2)21-17-10)9-15(18)20-8-7-19-13-5-3-12(16)4-6-13/h3-6H,7-9H2,1-2H3. The summed E-state index contributed by atoms with van der Waals surface area (Å²) in [6, 6.07) is 7.46. The third kappa shape index (κ3) is 4.60. The number of carbonyl (C=O) groups is 1. The van der Waals surface area contributed by atoms with Gasteiger partial charge in [-0.2, -0.15) is 0 Å². The van der Waals surface area contributed by atoms with E-state index in [0.717, 1.165) is 21.5 Å². The molecule has 0 amide bonds. The molecule has 0 saturated heterocycles. The fourth-order valence-corrected chi connectivity index (χ4v) is 2.06. The van der Waals surface area contributed by atoms with Gasteiger partial charge in [0.15, 0.2) is 0 Å². The van der Waals surface area contributed by atoms with Gasteiger partial charge in [-0.25, -0.2) is 0 Å². The number of nitrogens with zero attached hydrogens (tertiary/aromatic N) is 1. The molecule has 0 N–H and O–H groups in total. The van der Waals surface area contributed by atoms with Gasteiger partial charge in [0.2, 0.25) is 0 Å². The summed E-state index contributed by atoms with van der Waals surface area (Å²) < 4.78 is 16.6. The molecule has 0 saturated carbocycles. The summed E-state index contributed by atoms with van der Waals surface area (Å²) in [7, 11) is 0. The molecule has 5 nitrogen and oxygen atoms in total. The van der Waals surface area contributed by atoms with Crippen LogP contribution in [-0.4, -0.2) is 24.3 Å². The average molecular weight is 354 g/mol. The summed E-state index contributed by atoms with van der Waals surface area (Å²) in [5, 5.41) is 3.80. The van der Waals surface area contributed by atoms with Gasteiger partial charge in [-0.3, -0.25) is 4.79 Å². The van der Waals surface area contributed by atoms with Crippen LogP contribution < -0.4 is 4.74 Å². The lowest BCUT2D eigenvalue weighted by atomic mass is 10.1. The minimum absolute atomic E-state index is 0.166. The maximum absolute atomic E-state index is 11.7. The lowest BCUT2D eigenvalue weighted by molar-refractivity contribution is -0.143. The Kier molecular flexibility index (Phi) is 5.38. The Hall–Kier alpha value is -1.82. The minimum atomic E-state index is -0.316. The van der Waals surface area contributed by atoms with Crippen LogP contribution in [0.2, 0.25) is 0 Å². The van der Waals surface area contributed by atoms with Crippen LogP contribution >= 0.6 is 15.9 Å². The predicted octanol–water partition coefficient (Wildman–Crippen LogP) is 3.22.